The molecule has 1 saturated heterocycles. The monoisotopic (exact) mass is 361 g/mol. The van der Waals surface area contributed by atoms with E-state index in [-0.39, 0.29) is 18.0 Å². The van der Waals surface area contributed by atoms with Gasteiger partial charge in [-0.1, -0.05) is 42.5 Å². The maximum Gasteiger partial charge on any atom is 0.251 e. The molecular weight excluding hydrogens is 342 g/mol. The number of amides is 1. The van der Waals surface area contributed by atoms with E-state index in [2.05, 4.69) is 59.3 Å². The second kappa shape index (κ2) is 5.42. The fourth-order valence-corrected chi connectivity index (χ4v) is 4.84. The summed E-state index contributed by atoms with van der Waals surface area (Å²) in [6.07, 6.45) is 0.687. The van der Waals surface area contributed by atoms with Gasteiger partial charge in [0.2, 0.25) is 0 Å². The molecule has 4 nitrogen and oxygen atoms in total. The average Bonchev–Trinajstić information content (AvgIpc) is 3.15. The Morgan fingerprint density at radius 1 is 1.12 bits per heavy atom. The van der Waals surface area contributed by atoms with Crippen LogP contribution in [0.5, 0.6) is 0 Å². The SMILES string of the molecule is C[C@H]1c2[nH]c3cccc(-c4ccccc4)c3c2C[C@@H]2C(=O)N(C)C(=S)N21. The molecule has 2 atom stereocenters. The third-order valence-corrected chi connectivity index (χ3v) is 6.22. The van der Waals surface area contributed by atoms with Gasteiger partial charge in [0, 0.05) is 30.1 Å². The number of carbonyl (C=O) groups excluding carboxylic acids is 1. The van der Waals surface area contributed by atoms with Crippen LogP contribution >= 0.6 is 12.2 Å². The van der Waals surface area contributed by atoms with Crippen LogP contribution in [0.4, 0.5) is 0 Å². The van der Waals surface area contributed by atoms with Crippen LogP contribution < -0.4 is 0 Å². The summed E-state index contributed by atoms with van der Waals surface area (Å²) >= 11 is 5.52. The fraction of sp³-hybridized carbons (Fsp3) is 0.238. The van der Waals surface area contributed by atoms with E-state index < -0.39 is 0 Å². The topological polar surface area (TPSA) is 39.3 Å². The van der Waals surface area contributed by atoms with Crippen LogP contribution in [-0.4, -0.2) is 38.9 Å². The van der Waals surface area contributed by atoms with Crippen molar-refractivity contribution >= 4 is 34.1 Å². The number of carbonyl (C=O) groups is 1. The van der Waals surface area contributed by atoms with Crippen molar-refractivity contribution in [2.75, 3.05) is 7.05 Å². The lowest BCUT2D eigenvalue weighted by Gasteiger charge is -2.35. The van der Waals surface area contributed by atoms with Gasteiger partial charge in [-0.15, -0.1) is 0 Å². The molecule has 3 heterocycles. The van der Waals surface area contributed by atoms with E-state index in [1.165, 1.54) is 27.8 Å². The van der Waals surface area contributed by atoms with Gasteiger partial charge in [0.25, 0.3) is 5.91 Å². The molecule has 1 N–H and O–H groups in total. The molecule has 0 spiro atoms. The minimum Gasteiger partial charge on any atom is -0.356 e. The van der Waals surface area contributed by atoms with Crippen molar-refractivity contribution in [1.82, 2.24) is 14.8 Å². The predicted octanol–water partition coefficient (Wildman–Crippen LogP) is 3.88. The molecule has 0 unspecified atom stereocenters. The van der Waals surface area contributed by atoms with E-state index >= 15 is 0 Å². The summed E-state index contributed by atoms with van der Waals surface area (Å²) in [5.41, 5.74) is 5.95. The smallest absolute Gasteiger partial charge is 0.251 e. The summed E-state index contributed by atoms with van der Waals surface area (Å²) in [7, 11) is 1.78. The highest BCUT2D eigenvalue weighted by Gasteiger charge is 2.47. The molecule has 1 amide bonds. The molecular formula is C21H19N3OS. The molecule has 3 aromatic rings. The van der Waals surface area contributed by atoms with E-state index in [1.807, 2.05) is 6.07 Å². The number of nitrogens with one attached hydrogen (secondary N) is 1. The maximum atomic E-state index is 12.7. The van der Waals surface area contributed by atoms with Gasteiger partial charge in [0.1, 0.15) is 6.04 Å². The van der Waals surface area contributed by atoms with Gasteiger partial charge >= 0.3 is 0 Å². The van der Waals surface area contributed by atoms with Crippen molar-refractivity contribution in [3.63, 3.8) is 0 Å². The molecule has 0 saturated carbocycles. The largest absolute Gasteiger partial charge is 0.356 e. The van der Waals surface area contributed by atoms with Crippen molar-refractivity contribution in [1.29, 1.82) is 0 Å². The van der Waals surface area contributed by atoms with Gasteiger partial charge in [-0.2, -0.15) is 0 Å². The van der Waals surface area contributed by atoms with Crippen LogP contribution in [0.25, 0.3) is 22.0 Å². The molecule has 2 aromatic carbocycles. The zero-order valence-electron chi connectivity index (χ0n) is 14.7. The summed E-state index contributed by atoms with van der Waals surface area (Å²) in [6.45, 7) is 2.13. The number of nitrogens with zero attached hydrogens (tertiary/aromatic N) is 2. The zero-order chi connectivity index (χ0) is 18.0. The van der Waals surface area contributed by atoms with Crippen LogP contribution in [0.15, 0.2) is 48.5 Å². The number of aromatic amines is 1. The number of aromatic nitrogens is 1. The van der Waals surface area contributed by atoms with Gasteiger partial charge in [0.15, 0.2) is 5.11 Å². The first-order valence-electron chi connectivity index (χ1n) is 8.86. The van der Waals surface area contributed by atoms with Gasteiger partial charge in [0.05, 0.1) is 6.04 Å². The highest BCUT2D eigenvalue weighted by Crippen LogP contribution is 2.43. The molecule has 2 aliphatic rings. The first-order valence-corrected chi connectivity index (χ1v) is 9.27. The first kappa shape index (κ1) is 15.6. The minimum atomic E-state index is -0.196. The van der Waals surface area contributed by atoms with Crippen LogP contribution in [-0.2, 0) is 11.2 Å². The quantitative estimate of drug-likeness (QED) is 0.669. The number of benzene rings is 2. The predicted molar refractivity (Wildman–Crippen MR) is 107 cm³/mol. The second-order valence-electron chi connectivity index (χ2n) is 7.09. The Bertz CT molecular complexity index is 1060. The summed E-state index contributed by atoms with van der Waals surface area (Å²) in [5, 5.41) is 1.86. The first-order chi connectivity index (χ1) is 12.6. The number of hydrogen-bond acceptors (Lipinski definition) is 2. The van der Waals surface area contributed by atoms with Crippen molar-refractivity contribution < 1.29 is 4.79 Å². The van der Waals surface area contributed by atoms with Crippen LogP contribution in [0.1, 0.15) is 24.2 Å². The molecule has 5 rings (SSSR count). The Labute approximate surface area is 157 Å². The Balaban J connectivity index is 1.75. The lowest BCUT2D eigenvalue weighted by atomic mass is 9.90. The number of thiocarbonyl (C=S) groups is 1. The Morgan fingerprint density at radius 2 is 1.88 bits per heavy atom. The van der Waals surface area contributed by atoms with E-state index in [0.29, 0.717) is 11.5 Å². The molecule has 0 aliphatic carbocycles. The molecule has 0 radical (unpaired) electrons. The Morgan fingerprint density at radius 3 is 2.65 bits per heavy atom. The summed E-state index contributed by atoms with van der Waals surface area (Å²) < 4.78 is 0. The highest BCUT2D eigenvalue weighted by molar-refractivity contribution is 7.80. The van der Waals surface area contributed by atoms with E-state index in [0.717, 1.165) is 5.52 Å². The molecule has 0 bridgehead atoms. The summed E-state index contributed by atoms with van der Waals surface area (Å²) in [6, 6.07) is 16.6. The lowest BCUT2D eigenvalue weighted by Crippen LogP contribution is -2.42. The summed E-state index contributed by atoms with van der Waals surface area (Å²) in [5.74, 6) is 0.0963. The molecule has 2 aliphatic heterocycles. The van der Waals surface area contributed by atoms with Gasteiger partial charge < -0.3 is 9.88 Å². The van der Waals surface area contributed by atoms with E-state index in [9.17, 15) is 4.79 Å². The average molecular weight is 361 g/mol. The molecule has 5 heteroatoms. The molecule has 1 aromatic heterocycles. The van der Waals surface area contributed by atoms with Crippen molar-refractivity contribution in [2.24, 2.45) is 0 Å². The number of rotatable bonds is 1. The van der Waals surface area contributed by atoms with Crippen LogP contribution in [0.2, 0.25) is 0 Å². The lowest BCUT2D eigenvalue weighted by molar-refractivity contribution is -0.127. The van der Waals surface area contributed by atoms with E-state index in [1.54, 1.807) is 11.9 Å². The van der Waals surface area contributed by atoms with Crippen molar-refractivity contribution in [2.45, 2.75) is 25.4 Å². The Hall–Kier alpha value is -2.66. The molecule has 130 valence electrons. The number of likely N-dealkylation sites (N-methyl/N-ethyl adjacent to an activating group) is 1. The number of H-pyrrole nitrogens is 1. The van der Waals surface area contributed by atoms with Crippen molar-refractivity contribution in [3.8, 4) is 11.1 Å². The standard InChI is InChI=1S/C21H19N3OS/c1-12-19-15(11-17-20(25)23(2)21(26)24(12)17)18-14(9-6-10-16(18)22-19)13-7-4-3-5-8-13/h3-10,12,17,22H,11H2,1-2H3/t12-,17+/m0/s1. The van der Waals surface area contributed by atoms with Gasteiger partial charge in [-0.05, 0) is 41.9 Å². The number of fused-ring (bicyclic) bond motifs is 4. The highest BCUT2D eigenvalue weighted by atomic mass is 32.1. The third kappa shape index (κ3) is 1.95. The minimum absolute atomic E-state index is 0.0566. The second-order valence-corrected chi connectivity index (χ2v) is 7.46. The summed E-state index contributed by atoms with van der Waals surface area (Å²) in [4.78, 5) is 20.0. The van der Waals surface area contributed by atoms with E-state index in [4.69, 9.17) is 12.2 Å². The normalized spacial score (nSPS) is 22.1. The van der Waals surface area contributed by atoms with Gasteiger partial charge in [-0.3, -0.25) is 9.69 Å². The van der Waals surface area contributed by atoms with Crippen LogP contribution in [0.3, 0.4) is 0 Å². The Kier molecular flexibility index (Phi) is 3.25. The van der Waals surface area contributed by atoms with Gasteiger partial charge in [-0.25, -0.2) is 0 Å². The fourth-order valence-electron chi connectivity index (χ4n) is 4.46. The maximum absolute atomic E-state index is 12.7. The zero-order valence-corrected chi connectivity index (χ0v) is 15.5. The molecule has 26 heavy (non-hydrogen) atoms. The third-order valence-electron chi connectivity index (χ3n) is 5.74. The van der Waals surface area contributed by atoms with Crippen molar-refractivity contribution in [3.05, 3.63) is 59.8 Å². The molecule has 1 fully saturated rings. The number of hydrogen-bond donors (Lipinski definition) is 1. The van der Waals surface area contributed by atoms with Crippen LogP contribution in [0, 0.1) is 0 Å².